The zero-order valence-electron chi connectivity index (χ0n) is 8.27. The van der Waals surface area contributed by atoms with Crippen molar-refractivity contribution in [2.45, 2.75) is 26.7 Å². The quantitative estimate of drug-likeness (QED) is 0.644. The highest BCUT2D eigenvalue weighted by Gasteiger charge is 1.91. The van der Waals surface area contributed by atoms with Crippen LogP contribution in [0.2, 0.25) is 0 Å². The van der Waals surface area contributed by atoms with E-state index in [1.807, 2.05) is 24.0 Å². The summed E-state index contributed by atoms with van der Waals surface area (Å²) >= 11 is 0. The summed E-state index contributed by atoms with van der Waals surface area (Å²) in [4.78, 5) is 4.01. The minimum absolute atomic E-state index is 1.13. The second kappa shape index (κ2) is 5.36. The summed E-state index contributed by atoms with van der Waals surface area (Å²) in [5.41, 5.74) is 1.17. The van der Waals surface area contributed by atoms with Crippen molar-refractivity contribution in [3.8, 4) is 0 Å². The Morgan fingerprint density at radius 2 is 2.38 bits per heavy atom. The van der Waals surface area contributed by atoms with Crippen LogP contribution in [0.3, 0.4) is 0 Å². The molecule has 0 bridgehead atoms. The molecule has 0 atom stereocenters. The van der Waals surface area contributed by atoms with Crippen LogP contribution in [0.1, 0.15) is 26.7 Å². The summed E-state index contributed by atoms with van der Waals surface area (Å²) in [5, 5.41) is 0. The molecule has 0 aliphatic carbocycles. The first-order valence-electron chi connectivity index (χ1n) is 4.69. The lowest BCUT2D eigenvalue weighted by Crippen LogP contribution is -1.89. The SMILES string of the molecule is C/C=C(\C=C/CCC)n1ccnc1. The number of hydrogen-bond donors (Lipinski definition) is 0. The first kappa shape index (κ1) is 9.78. The van der Waals surface area contributed by atoms with Gasteiger partial charge in [-0.2, -0.15) is 0 Å². The molecule has 2 heteroatoms. The summed E-state index contributed by atoms with van der Waals surface area (Å²) in [7, 11) is 0. The second-order valence-electron chi connectivity index (χ2n) is 2.87. The molecule has 0 spiro atoms. The van der Waals surface area contributed by atoms with E-state index < -0.39 is 0 Å². The van der Waals surface area contributed by atoms with E-state index in [0.29, 0.717) is 0 Å². The molecule has 0 aliphatic heterocycles. The summed E-state index contributed by atoms with van der Waals surface area (Å²) < 4.78 is 2.01. The zero-order valence-corrected chi connectivity index (χ0v) is 8.27. The van der Waals surface area contributed by atoms with Gasteiger partial charge in [0, 0.05) is 18.1 Å². The molecule has 0 aromatic carbocycles. The monoisotopic (exact) mass is 176 g/mol. The highest BCUT2D eigenvalue weighted by Crippen LogP contribution is 2.06. The molecule has 0 saturated heterocycles. The van der Waals surface area contributed by atoms with Crippen molar-refractivity contribution in [2.24, 2.45) is 0 Å². The number of imidazole rings is 1. The molecule has 1 rings (SSSR count). The fourth-order valence-corrected chi connectivity index (χ4v) is 1.11. The van der Waals surface area contributed by atoms with Crippen LogP contribution in [-0.2, 0) is 0 Å². The smallest absolute Gasteiger partial charge is 0.0991 e. The Bertz CT molecular complexity index is 281. The van der Waals surface area contributed by atoms with Crippen molar-refractivity contribution in [3.63, 3.8) is 0 Å². The Labute approximate surface area is 79.6 Å². The summed E-state index contributed by atoms with van der Waals surface area (Å²) in [5.74, 6) is 0. The van der Waals surface area contributed by atoms with Gasteiger partial charge >= 0.3 is 0 Å². The minimum atomic E-state index is 1.13. The van der Waals surface area contributed by atoms with Gasteiger partial charge in [-0.05, 0) is 19.4 Å². The molecular weight excluding hydrogens is 160 g/mol. The van der Waals surface area contributed by atoms with Crippen LogP contribution in [0.25, 0.3) is 5.70 Å². The van der Waals surface area contributed by atoms with E-state index in [-0.39, 0.29) is 0 Å². The lowest BCUT2D eigenvalue weighted by Gasteiger charge is -2.00. The first-order chi connectivity index (χ1) is 6.38. The average Bonchev–Trinajstić information content (AvgIpc) is 2.65. The number of nitrogens with zero attached hydrogens (tertiary/aromatic N) is 2. The van der Waals surface area contributed by atoms with Gasteiger partial charge in [0.2, 0.25) is 0 Å². The van der Waals surface area contributed by atoms with E-state index >= 15 is 0 Å². The van der Waals surface area contributed by atoms with E-state index in [1.165, 1.54) is 12.1 Å². The fourth-order valence-electron chi connectivity index (χ4n) is 1.11. The predicted octanol–water partition coefficient (Wildman–Crippen LogP) is 3.10. The van der Waals surface area contributed by atoms with Crippen molar-refractivity contribution in [1.82, 2.24) is 9.55 Å². The zero-order chi connectivity index (χ0) is 9.52. The molecule has 13 heavy (non-hydrogen) atoms. The molecule has 0 unspecified atom stereocenters. The third-order valence-corrected chi connectivity index (χ3v) is 1.84. The lowest BCUT2D eigenvalue weighted by molar-refractivity contribution is 0.957. The van der Waals surface area contributed by atoms with Gasteiger partial charge in [-0.25, -0.2) is 4.98 Å². The van der Waals surface area contributed by atoms with Crippen molar-refractivity contribution in [1.29, 1.82) is 0 Å². The Balaban J connectivity index is 2.65. The standard InChI is InChI=1S/C11H16N2/c1-3-5-6-7-11(4-2)13-9-8-12-10-13/h4,6-10H,3,5H2,1-2H3/b7-6-,11-4+. The largest absolute Gasteiger partial charge is 0.307 e. The Morgan fingerprint density at radius 3 is 2.92 bits per heavy atom. The maximum absolute atomic E-state index is 4.01. The predicted molar refractivity (Wildman–Crippen MR) is 56.2 cm³/mol. The topological polar surface area (TPSA) is 17.8 Å². The third kappa shape index (κ3) is 2.90. The molecule has 0 amide bonds. The van der Waals surface area contributed by atoms with E-state index in [4.69, 9.17) is 0 Å². The summed E-state index contributed by atoms with van der Waals surface area (Å²) in [6.45, 7) is 4.21. The lowest BCUT2D eigenvalue weighted by atomic mass is 10.3. The van der Waals surface area contributed by atoms with Crippen molar-refractivity contribution in [2.75, 3.05) is 0 Å². The number of rotatable bonds is 4. The number of hydrogen-bond acceptors (Lipinski definition) is 1. The van der Waals surface area contributed by atoms with Gasteiger partial charge in [-0.3, -0.25) is 0 Å². The maximum atomic E-state index is 4.01. The van der Waals surface area contributed by atoms with Crippen LogP contribution in [-0.4, -0.2) is 9.55 Å². The molecule has 0 aliphatic rings. The van der Waals surface area contributed by atoms with Crippen LogP contribution < -0.4 is 0 Å². The molecule has 1 heterocycles. The van der Waals surface area contributed by atoms with Gasteiger partial charge in [-0.15, -0.1) is 0 Å². The average molecular weight is 176 g/mol. The van der Waals surface area contributed by atoms with Crippen molar-refractivity contribution in [3.05, 3.63) is 36.9 Å². The van der Waals surface area contributed by atoms with Crippen molar-refractivity contribution < 1.29 is 0 Å². The fraction of sp³-hybridized carbons (Fsp3) is 0.364. The van der Waals surface area contributed by atoms with Gasteiger partial charge in [0.1, 0.15) is 0 Å². The highest BCUT2D eigenvalue weighted by atomic mass is 15.0. The second-order valence-corrected chi connectivity index (χ2v) is 2.87. The van der Waals surface area contributed by atoms with Crippen molar-refractivity contribution >= 4 is 5.70 Å². The number of unbranched alkanes of at least 4 members (excludes halogenated alkanes) is 1. The molecule has 1 aromatic rings. The molecule has 0 fully saturated rings. The molecular formula is C11H16N2. The Morgan fingerprint density at radius 1 is 1.54 bits per heavy atom. The molecule has 1 aromatic heterocycles. The van der Waals surface area contributed by atoms with Gasteiger partial charge in [0.05, 0.1) is 6.33 Å². The Kier molecular flexibility index (Phi) is 4.03. The van der Waals surface area contributed by atoms with Crippen LogP contribution in [0.15, 0.2) is 36.9 Å². The number of allylic oxidation sites excluding steroid dienone is 4. The van der Waals surface area contributed by atoms with E-state index in [0.717, 1.165) is 6.42 Å². The van der Waals surface area contributed by atoms with Gasteiger partial charge < -0.3 is 4.57 Å². The minimum Gasteiger partial charge on any atom is -0.307 e. The summed E-state index contributed by atoms with van der Waals surface area (Å²) in [6.07, 6.45) is 14.3. The first-order valence-corrected chi connectivity index (χ1v) is 4.69. The molecule has 0 radical (unpaired) electrons. The van der Waals surface area contributed by atoms with Crippen LogP contribution in [0.4, 0.5) is 0 Å². The van der Waals surface area contributed by atoms with E-state index in [2.05, 4.69) is 30.1 Å². The van der Waals surface area contributed by atoms with E-state index in [9.17, 15) is 0 Å². The normalized spacial score (nSPS) is 12.6. The summed E-state index contributed by atoms with van der Waals surface area (Å²) in [6, 6.07) is 0. The van der Waals surface area contributed by atoms with E-state index in [1.54, 1.807) is 6.20 Å². The Hall–Kier alpha value is -1.31. The van der Waals surface area contributed by atoms with Crippen LogP contribution in [0, 0.1) is 0 Å². The van der Waals surface area contributed by atoms with Gasteiger partial charge in [0.25, 0.3) is 0 Å². The molecule has 0 saturated carbocycles. The molecule has 70 valence electrons. The highest BCUT2D eigenvalue weighted by molar-refractivity contribution is 5.56. The molecule has 0 N–H and O–H groups in total. The third-order valence-electron chi connectivity index (χ3n) is 1.84. The number of aromatic nitrogens is 2. The van der Waals surface area contributed by atoms with Crippen LogP contribution in [0.5, 0.6) is 0 Å². The maximum Gasteiger partial charge on any atom is 0.0991 e. The van der Waals surface area contributed by atoms with Crippen LogP contribution >= 0.6 is 0 Å². The van der Waals surface area contributed by atoms with Gasteiger partial charge in [0.15, 0.2) is 0 Å². The molecule has 2 nitrogen and oxygen atoms in total. The van der Waals surface area contributed by atoms with Gasteiger partial charge in [-0.1, -0.05) is 25.5 Å².